The van der Waals surface area contributed by atoms with Crippen LogP contribution < -0.4 is 0 Å². The van der Waals surface area contributed by atoms with E-state index in [-0.39, 0.29) is 59.6 Å². The maximum Gasteiger partial charge on any atom is -0.0241 e. The lowest BCUT2D eigenvalue weighted by atomic mass is 9.31. The second-order valence-electron chi connectivity index (χ2n) is 21.4. The molecule has 1 aliphatic carbocycles. The molecule has 2 unspecified atom stereocenters. The summed E-state index contributed by atoms with van der Waals surface area (Å²) in [5, 5.41) is 0. The summed E-state index contributed by atoms with van der Waals surface area (Å²) < 4.78 is 0. The molecule has 1 rings (SSSR count). The predicted octanol–water partition coefficient (Wildman–Crippen LogP) is 13.7. The first-order valence-corrected chi connectivity index (χ1v) is 16.9. The zero-order valence-corrected chi connectivity index (χ0v) is 33.0. The highest BCUT2D eigenvalue weighted by molar-refractivity contribution is 5.18. The first-order chi connectivity index (χ1) is 16.9. The molecule has 0 nitrogen and oxygen atoms in total. The van der Waals surface area contributed by atoms with Gasteiger partial charge in [-0.3, -0.25) is 0 Å². The van der Waals surface area contributed by atoms with Crippen molar-refractivity contribution in [3.05, 3.63) is 0 Å². The molecule has 40 heavy (non-hydrogen) atoms. The smallest absolute Gasteiger partial charge is 0.0241 e. The van der Waals surface area contributed by atoms with Crippen molar-refractivity contribution in [2.75, 3.05) is 0 Å². The van der Waals surface area contributed by atoms with Crippen LogP contribution >= 0.6 is 0 Å². The monoisotopic (exact) mass is 561 g/mol. The Morgan fingerprint density at radius 1 is 0.375 bits per heavy atom. The minimum absolute atomic E-state index is 0.0450. The third-order valence-electron chi connectivity index (χ3n) is 19.5. The van der Waals surface area contributed by atoms with E-state index in [0.717, 1.165) is 5.92 Å². The maximum absolute atomic E-state index is 2.62. The van der Waals surface area contributed by atoms with Crippen LogP contribution in [0.25, 0.3) is 0 Å². The zero-order chi connectivity index (χ0) is 33.0. The van der Waals surface area contributed by atoms with E-state index in [1.807, 2.05) is 0 Å². The molecule has 0 heteroatoms. The highest BCUT2D eigenvalue weighted by Crippen LogP contribution is 2.76. The Hall–Kier alpha value is 0. The summed E-state index contributed by atoms with van der Waals surface area (Å²) in [5.41, 5.74) is 1.55. The Kier molecular flexibility index (Phi) is 9.03. The highest BCUT2D eigenvalue weighted by Gasteiger charge is 2.70. The van der Waals surface area contributed by atoms with Gasteiger partial charge in [0.1, 0.15) is 0 Å². The van der Waals surface area contributed by atoms with Gasteiger partial charge >= 0.3 is 0 Å². The molecule has 0 amide bonds. The normalized spacial score (nSPS) is 23.8. The topological polar surface area (TPSA) is 0 Å². The first kappa shape index (κ1) is 38.0. The molecule has 0 bridgehead atoms. The molecule has 0 radical (unpaired) electrons. The maximum atomic E-state index is 2.62. The summed E-state index contributed by atoms with van der Waals surface area (Å²) in [4.78, 5) is 0. The minimum atomic E-state index is 0.0450. The fourth-order valence-corrected chi connectivity index (χ4v) is 9.70. The lowest BCUT2D eigenvalue weighted by molar-refractivity contribution is -0.253. The van der Waals surface area contributed by atoms with Crippen LogP contribution in [-0.4, -0.2) is 0 Å². The lowest BCUT2D eigenvalue weighted by Crippen LogP contribution is -2.67. The van der Waals surface area contributed by atoms with E-state index in [2.05, 4.69) is 173 Å². The first-order valence-electron chi connectivity index (χ1n) is 16.9. The Morgan fingerprint density at radius 2 is 0.600 bits per heavy atom. The molecule has 1 saturated carbocycles. The van der Waals surface area contributed by atoms with Crippen molar-refractivity contribution >= 4 is 0 Å². The van der Waals surface area contributed by atoms with Gasteiger partial charge in [-0.1, -0.05) is 173 Å². The Morgan fingerprint density at radius 3 is 0.775 bits per heavy atom. The molecular formula is C40H80. The quantitative estimate of drug-likeness (QED) is 0.249. The number of hydrogen-bond acceptors (Lipinski definition) is 0. The number of hydrogen-bond donors (Lipinski definition) is 0. The van der Waals surface area contributed by atoms with E-state index in [4.69, 9.17) is 0 Å². The van der Waals surface area contributed by atoms with Crippen LogP contribution in [-0.2, 0) is 0 Å². The van der Waals surface area contributed by atoms with Gasteiger partial charge in [0, 0.05) is 0 Å². The van der Waals surface area contributed by atoms with Crippen LogP contribution in [0, 0.1) is 70.9 Å². The fourth-order valence-electron chi connectivity index (χ4n) is 9.70. The molecule has 0 heterocycles. The molecule has 240 valence electrons. The molecule has 2 atom stereocenters. The SMILES string of the molecule is CC1CCC1(C)C(C)(C)C(C)(C)C(C)(C)C(C)(C)C(C)(C)C(C)(C)C(C)(C)C(C)(C)C(C)(C)C(C)(C)C(C)(C)C. The fraction of sp³-hybridized carbons (Fsp3) is 1.00. The van der Waals surface area contributed by atoms with Crippen molar-refractivity contribution < 1.29 is 0 Å². The second-order valence-corrected chi connectivity index (χ2v) is 21.4. The zero-order valence-electron chi connectivity index (χ0n) is 33.0. The van der Waals surface area contributed by atoms with Crippen LogP contribution in [0.2, 0.25) is 0 Å². The van der Waals surface area contributed by atoms with Gasteiger partial charge in [-0.15, -0.1) is 0 Å². The Bertz CT molecular complexity index is 916. The van der Waals surface area contributed by atoms with Crippen LogP contribution in [0.3, 0.4) is 0 Å². The van der Waals surface area contributed by atoms with E-state index in [9.17, 15) is 0 Å². The third-order valence-corrected chi connectivity index (χ3v) is 19.5. The van der Waals surface area contributed by atoms with Gasteiger partial charge in [0.2, 0.25) is 0 Å². The van der Waals surface area contributed by atoms with Gasteiger partial charge in [-0.05, 0) is 83.7 Å². The van der Waals surface area contributed by atoms with Gasteiger partial charge < -0.3 is 0 Å². The molecule has 0 aromatic rings. The van der Waals surface area contributed by atoms with E-state index < -0.39 is 0 Å². The van der Waals surface area contributed by atoms with Crippen LogP contribution in [0.5, 0.6) is 0 Å². The van der Waals surface area contributed by atoms with Crippen LogP contribution in [0.15, 0.2) is 0 Å². The van der Waals surface area contributed by atoms with Gasteiger partial charge in [-0.25, -0.2) is 0 Å². The largest absolute Gasteiger partial charge is 0.0620 e. The number of rotatable bonds is 10. The van der Waals surface area contributed by atoms with Crippen molar-refractivity contribution in [3.63, 3.8) is 0 Å². The highest BCUT2D eigenvalue weighted by atomic mass is 14.7. The lowest BCUT2D eigenvalue weighted by Gasteiger charge is -2.73. The summed E-state index contributed by atoms with van der Waals surface area (Å²) in [6.07, 6.45) is 2.73. The average molecular weight is 561 g/mol. The summed E-state index contributed by atoms with van der Waals surface area (Å²) >= 11 is 0. The molecule has 0 aromatic carbocycles. The standard InChI is InChI=1S/C40H80/c1-28-26-27-40(28,25)39(23,24)38(21,22)37(19,20)36(17,18)35(15,16)34(13,14)33(11,12)32(9,10)31(7,8)30(5,6)29(2,3)4/h28H,26-27H2,1-25H3. The Labute approximate surface area is 256 Å². The van der Waals surface area contributed by atoms with Crippen molar-refractivity contribution in [1.82, 2.24) is 0 Å². The molecule has 1 aliphatic rings. The molecule has 0 aliphatic heterocycles. The summed E-state index contributed by atoms with van der Waals surface area (Å²) in [6, 6.07) is 0. The predicted molar refractivity (Wildman–Crippen MR) is 184 cm³/mol. The van der Waals surface area contributed by atoms with E-state index in [0.29, 0.717) is 5.41 Å². The molecule has 1 fully saturated rings. The molecule has 0 aromatic heterocycles. The molecular weight excluding hydrogens is 480 g/mol. The average Bonchev–Trinajstić information content (AvgIpc) is 2.75. The van der Waals surface area contributed by atoms with E-state index >= 15 is 0 Å². The molecule has 0 spiro atoms. The second kappa shape index (κ2) is 9.50. The van der Waals surface area contributed by atoms with Crippen molar-refractivity contribution in [3.8, 4) is 0 Å². The molecule has 0 N–H and O–H groups in total. The minimum Gasteiger partial charge on any atom is -0.0620 e. The van der Waals surface area contributed by atoms with E-state index in [1.165, 1.54) is 12.8 Å². The van der Waals surface area contributed by atoms with Crippen LogP contribution in [0.1, 0.15) is 186 Å². The van der Waals surface area contributed by atoms with Gasteiger partial charge in [-0.2, -0.15) is 0 Å². The van der Waals surface area contributed by atoms with Crippen molar-refractivity contribution in [2.45, 2.75) is 186 Å². The Balaban J connectivity index is 3.84. The van der Waals surface area contributed by atoms with Crippen molar-refractivity contribution in [2.24, 2.45) is 70.9 Å². The van der Waals surface area contributed by atoms with Gasteiger partial charge in [0.05, 0.1) is 0 Å². The summed E-state index contributed by atoms with van der Waals surface area (Å²) in [6.45, 7) is 64.3. The summed E-state index contributed by atoms with van der Waals surface area (Å²) in [7, 11) is 0. The summed E-state index contributed by atoms with van der Waals surface area (Å²) in [5.74, 6) is 0.790. The van der Waals surface area contributed by atoms with E-state index in [1.54, 1.807) is 0 Å². The van der Waals surface area contributed by atoms with Gasteiger partial charge in [0.25, 0.3) is 0 Å². The molecule has 0 saturated heterocycles. The van der Waals surface area contributed by atoms with Crippen LogP contribution in [0.4, 0.5) is 0 Å². The third kappa shape index (κ3) is 4.22. The van der Waals surface area contributed by atoms with Crippen molar-refractivity contribution in [1.29, 1.82) is 0 Å². The van der Waals surface area contributed by atoms with Gasteiger partial charge in [0.15, 0.2) is 0 Å².